The number of hydrogen-bond donors (Lipinski definition) is 2. The van der Waals surface area contributed by atoms with E-state index in [9.17, 15) is 5.11 Å². The first kappa shape index (κ1) is 17.3. The highest BCUT2D eigenvalue weighted by molar-refractivity contribution is 7.99. The van der Waals surface area contributed by atoms with Crippen LogP contribution in [0.4, 0.5) is 0 Å². The van der Waals surface area contributed by atoms with Crippen LogP contribution >= 0.6 is 11.8 Å². The number of aliphatic hydroxyl groups is 1. The van der Waals surface area contributed by atoms with Crippen molar-refractivity contribution in [3.05, 3.63) is 29.3 Å². The number of ether oxygens (including phenoxy) is 1. The Balaban J connectivity index is 2.88. The monoisotopic (exact) mass is 297 g/mol. The molecule has 3 atom stereocenters. The summed E-state index contributed by atoms with van der Waals surface area (Å²) in [5, 5.41) is 13.1. The van der Waals surface area contributed by atoms with Gasteiger partial charge in [-0.15, -0.1) is 0 Å². The zero-order valence-corrected chi connectivity index (χ0v) is 14.0. The second-order valence-corrected chi connectivity index (χ2v) is 6.43. The van der Waals surface area contributed by atoms with E-state index in [0.717, 1.165) is 11.5 Å². The summed E-state index contributed by atoms with van der Waals surface area (Å²) < 4.78 is 5.70. The van der Waals surface area contributed by atoms with Crippen molar-refractivity contribution >= 4 is 11.8 Å². The first-order chi connectivity index (χ1) is 9.49. The predicted octanol–water partition coefficient (Wildman–Crippen LogP) is 3.37. The number of hydrogen-bond acceptors (Lipinski definition) is 4. The number of nitrogens with one attached hydrogen (secondary N) is 1. The lowest BCUT2D eigenvalue weighted by molar-refractivity contribution is 0.196. The SMILES string of the molecule is CCOc1ccc(C(C)NC)cc1CSC(C)C(C)O. The van der Waals surface area contributed by atoms with Gasteiger partial charge in [-0.2, -0.15) is 11.8 Å². The molecule has 0 aliphatic heterocycles. The lowest BCUT2D eigenvalue weighted by Gasteiger charge is -2.18. The van der Waals surface area contributed by atoms with Gasteiger partial charge in [-0.05, 0) is 45.5 Å². The molecule has 1 rings (SSSR count). The summed E-state index contributed by atoms with van der Waals surface area (Å²) in [6.07, 6.45) is -0.296. The van der Waals surface area contributed by atoms with E-state index < -0.39 is 0 Å². The summed E-state index contributed by atoms with van der Waals surface area (Å²) in [6.45, 7) is 8.70. The smallest absolute Gasteiger partial charge is 0.123 e. The normalized spacial score (nSPS) is 15.7. The Morgan fingerprint density at radius 1 is 1.30 bits per heavy atom. The van der Waals surface area contributed by atoms with Gasteiger partial charge in [0.1, 0.15) is 5.75 Å². The largest absolute Gasteiger partial charge is 0.494 e. The Kier molecular flexibility index (Phi) is 7.41. The molecular formula is C16H27NO2S. The maximum atomic E-state index is 9.59. The van der Waals surface area contributed by atoms with Crippen molar-refractivity contribution in [3.63, 3.8) is 0 Å². The molecule has 3 nitrogen and oxygen atoms in total. The fourth-order valence-corrected chi connectivity index (χ4v) is 2.75. The van der Waals surface area contributed by atoms with Crippen LogP contribution in [0, 0.1) is 0 Å². The summed E-state index contributed by atoms with van der Waals surface area (Å²) in [6, 6.07) is 6.69. The van der Waals surface area contributed by atoms with Crippen LogP contribution in [0.1, 0.15) is 44.9 Å². The standard InChI is InChI=1S/C16H27NO2S/c1-6-19-16-8-7-14(11(2)17-5)9-15(16)10-20-13(4)12(3)18/h7-9,11-13,17-18H,6,10H2,1-5H3. The summed E-state index contributed by atoms with van der Waals surface area (Å²) in [4.78, 5) is 0. The van der Waals surface area contributed by atoms with Crippen LogP contribution in [0.15, 0.2) is 18.2 Å². The first-order valence-corrected chi connectivity index (χ1v) is 8.27. The molecule has 0 aliphatic rings. The van der Waals surface area contributed by atoms with Crippen LogP contribution in [0.3, 0.4) is 0 Å². The molecule has 0 saturated carbocycles. The number of aliphatic hydroxyl groups excluding tert-OH is 1. The zero-order valence-electron chi connectivity index (χ0n) is 13.1. The molecule has 0 amide bonds. The van der Waals surface area contributed by atoms with Gasteiger partial charge in [-0.3, -0.25) is 0 Å². The van der Waals surface area contributed by atoms with Gasteiger partial charge in [0.05, 0.1) is 12.7 Å². The first-order valence-electron chi connectivity index (χ1n) is 7.22. The third-order valence-corrected chi connectivity index (χ3v) is 4.90. The second kappa shape index (κ2) is 8.55. The Morgan fingerprint density at radius 3 is 2.55 bits per heavy atom. The highest BCUT2D eigenvalue weighted by Gasteiger charge is 2.13. The second-order valence-electron chi connectivity index (χ2n) is 5.07. The van der Waals surface area contributed by atoms with Crippen LogP contribution in [-0.2, 0) is 5.75 Å². The fraction of sp³-hybridized carbons (Fsp3) is 0.625. The van der Waals surface area contributed by atoms with Crippen LogP contribution < -0.4 is 10.1 Å². The Hall–Kier alpha value is -0.710. The van der Waals surface area contributed by atoms with Crippen LogP contribution in [0.25, 0.3) is 0 Å². The molecule has 0 spiro atoms. The minimum absolute atomic E-state index is 0.217. The minimum atomic E-state index is -0.296. The summed E-state index contributed by atoms with van der Waals surface area (Å²) in [7, 11) is 1.96. The molecule has 0 radical (unpaired) electrons. The van der Waals surface area contributed by atoms with E-state index in [2.05, 4.69) is 37.4 Å². The molecule has 0 aromatic heterocycles. The minimum Gasteiger partial charge on any atom is -0.494 e. The van der Waals surface area contributed by atoms with Gasteiger partial charge >= 0.3 is 0 Å². The molecule has 4 heteroatoms. The molecule has 2 N–H and O–H groups in total. The summed E-state index contributed by atoms with van der Waals surface area (Å²) in [5.74, 6) is 1.80. The average Bonchev–Trinajstić information content (AvgIpc) is 2.45. The van der Waals surface area contributed by atoms with Gasteiger partial charge in [0, 0.05) is 22.6 Å². The summed E-state index contributed by atoms with van der Waals surface area (Å²) in [5.41, 5.74) is 2.46. The quantitative estimate of drug-likeness (QED) is 0.772. The van der Waals surface area contributed by atoms with Crippen molar-refractivity contribution in [2.24, 2.45) is 0 Å². The fourth-order valence-electron chi connectivity index (χ4n) is 1.80. The van der Waals surface area contributed by atoms with Crippen molar-refractivity contribution in [1.29, 1.82) is 0 Å². The Labute approximate surface area is 127 Å². The molecule has 0 aliphatic carbocycles. The van der Waals surface area contributed by atoms with E-state index in [4.69, 9.17) is 4.74 Å². The van der Waals surface area contributed by atoms with Crippen LogP contribution in [-0.4, -0.2) is 30.1 Å². The van der Waals surface area contributed by atoms with Gasteiger partial charge in [0.15, 0.2) is 0 Å². The molecule has 1 aromatic carbocycles. The van der Waals surface area contributed by atoms with Gasteiger partial charge in [-0.1, -0.05) is 13.0 Å². The van der Waals surface area contributed by atoms with Crippen molar-refractivity contribution in [1.82, 2.24) is 5.32 Å². The predicted molar refractivity (Wildman–Crippen MR) is 87.5 cm³/mol. The van der Waals surface area contributed by atoms with Gasteiger partial charge in [0.2, 0.25) is 0 Å². The lowest BCUT2D eigenvalue weighted by Crippen LogP contribution is -2.15. The van der Waals surface area contributed by atoms with Crippen LogP contribution in [0.5, 0.6) is 5.75 Å². The van der Waals surface area contributed by atoms with Gasteiger partial charge in [-0.25, -0.2) is 0 Å². The van der Waals surface area contributed by atoms with E-state index in [0.29, 0.717) is 12.6 Å². The topological polar surface area (TPSA) is 41.5 Å². The highest BCUT2D eigenvalue weighted by Crippen LogP contribution is 2.29. The van der Waals surface area contributed by atoms with Gasteiger partial charge in [0.25, 0.3) is 0 Å². The number of rotatable bonds is 8. The maximum absolute atomic E-state index is 9.59. The number of benzene rings is 1. The van der Waals surface area contributed by atoms with E-state index >= 15 is 0 Å². The average molecular weight is 297 g/mol. The molecule has 3 unspecified atom stereocenters. The molecule has 0 bridgehead atoms. The molecule has 20 heavy (non-hydrogen) atoms. The van der Waals surface area contributed by atoms with E-state index in [1.165, 1.54) is 11.1 Å². The number of thioether (sulfide) groups is 1. The molecule has 0 fully saturated rings. The van der Waals surface area contributed by atoms with Crippen LogP contribution in [0.2, 0.25) is 0 Å². The Morgan fingerprint density at radius 2 is 2.00 bits per heavy atom. The molecule has 114 valence electrons. The van der Waals surface area contributed by atoms with Crippen molar-refractivity contribution in [3.8, 4) is 5.75 Å². The van der Waals surface area contributed by atoms with Crippen molar-refractivity contribution < 1.29 is 9.84 Å². The Bertz CT molecular complexity index is 409. The molecular weight excluding hydrogens is 270 g/mol. The highest BCUT2D eigenvalue weighted by atomic mass is 32.2. The summed E-state index contributed by atoms with van der Waals surface area (Å²) >= 11 is 1.76. The zero-order chi connectivity index (χ0) is 15.1. The third-order valence-electron chi connectivity index (χ3n) is 3.50. The van der Waals surface area contributed by atoms with E-state index in [1.807, 2.05) is 20.9 Å². The van der Waals surface area contributed by atoms with E-state index in [1.54, 1.807) is 11.8 Å². The van der Waals surface area contributed by atoms with Crippen molar-refractivity contribution in [2.75, 3.05) is 13.7 Å². The maximum Gasteiger partial charge on any atom is 0.123 e. The molecule has 1 aromatic rings. The van der Waals surface area contributed by atoms with Gasteiger partial charge < -0.3 is 15.2 Å². The van der Waals surface area contributed by atoms with Crippen molar-refractivity contribution in [2.45, 2.75) is 50.8 Å². The third kappa shape index (κ3) is 5.00. The molecule has 0 heterocycles. The molecule has 0 saturated heterocycles. The lowest BCUT2D eigenvalue weighted by atomic mass is 10.1. The van der Waals surface area contributed by atoms with E-state index in [-0.39, 0.29) is 11.4 Å².